The Balaban J connectivity index is 2.38. The molecule has 1 rings (SSSR count). The van der Waals surface area contributed by atoms with Gasteiger partial charge in [-0.2, -0.15) is 0 Å². The van der Waals surface area contributed by atoms with E-state index < -0.39 is 6.09 Å². The van der Waals surface area contributed by atoms with Gasteiger partial charge in [-0.1, -0.05) is 11.6 Å². The van der Waals surface area contributed by atoms with Crippen molar-refractivity contribution in [2.75, 3.05) is 20.7 Å². The van der Waals surface area contributed by atoms with Gasteiger partial charge >= 0.3 is 6.09 Å². The molecule has 0 aliphatic carbocycles. The topological polar surface area (TPSA) is 58.6 Å². The van der Waals surface area contributed by atoms with Crippen LogP contribution in [0.2, 0.25) is 4.34 Å². The van der Waals surface area contributed by atoms with Crippen LogP contribution in [0.5, 0.6) is 0 Å². The molecule has 0 aliphatic rings. The molecule has 7 heteroatoms. The second-order valence-electron chi connectivity index (χ2n) is 3.95. The smallest absolute Gasteiger partial charge is 0.409 e. The van der Waals surface area contributed by atoms with Crippen molar-refractivity contribution in [3.63, 3.8) is 0 Å². The summed E-state index contributed by atoms with van der Waals surface area (Å²) in [7, 11) is 3.19. The normalized spacial score (nSPS) is 11.8. The van der Waals surface area contributed by atoms with Crippen molar-refractivity contribution in [3.05, 3.63) is 21.3 Å². The third kappa shape index (κ3) is 4.54. The summed E-state index contributed by atoms with van der Waals surface area (Å²) in [6.45, 7) is 1.89. The van der Waals surface area contributed by atoms with Gasteiger partial charge in [0.05, 0.1) is 15.3 Å². The van der Waals surface area contributed by atoms with Gasteiger partial charge in [0.1, 0.15) is 6.61 Å². The molecule has 0 spiro atoms. The van der Waals surface area contributed by atoms with Crippen LogP contribution in [-0.2, 0) is 4.74 Å². The molecule has 1 atom stereocenters. The third-order valence-electron chi connectivity index (χ3n) is 2.00. The highest BCUT2D eigenvalue weighted by molar-refractivity contribution is 7.17. The number of ether oxygens (including phenoxy) is 1. The lowest BCUT2D eigenvalue weighted by Crippen LogP contribution is -2.37. The van der Waals surface area contributed by atoms with Crippen molar-refractivity contribution in [1.29, 1.82) is 0 Å². The Morgan fingerprint density at radius 3 is 2.67 bits per heavy atom. The number of hydrogen-bond donors (Lipinski definition) is 1. The number of rotatable bonds is 4. The minimum Gasteiger partial charge on any atom is -0.447 e. The van der Waals surface area contributed by atoms with Gasteiger partial charge in [0.15, 0.2) is 0 Å². The van der Waals surface area contributed by atoms with E-state index in [2.05, 4.69) is 5.32 Å². The fourth-order valence-corrected chi connectivity index (χ4v) is 2.04. The maximum absolute atomic E-state index is 11.7. The van der Waals surface area contributed by atoms with Gasteiger partial charge < -0.3 is 15.0 Å². The Bertz CT molecular complexity index is 434. The highest BCUT2D eigenvalue weighted by atomic mass is 35.5. The van der Waals surface area contributed by atoms with Crippen LogP contribution < -0.4 is 5.32 Å². The van der Waals surface area contributed by atoms with Crippen molar-refractivity contribution in [2.45, 2.75) is 13.0 Å². The Kier molecular flexibility index (Phi) is 5.43. The van der Waals surface area contributed by atoms with Crippen LogP contribution in [0.1, 0.15) is 16.6 Å². The molecular weight excluding hydrogens is 276 g/mol. The van der Waals surface area contributed by atoms with Crippen LogP contribution in [0.15, 0.2) is 12.1 Å². The lowest BCUT2D eigenvalue weighted by atomic mass is 10.3. The van der Waals surface area contributed by atoms with Gasteiger partial charge in [-0.3, -0.25) is 4.79 Å². The molecule has 0 bridgehead atoms. The monoisotopic (exact) mass is 290 g/mol. The molecular formula is C11H15ClN2O3S. The summed E-state index contributed by atoms with van der Waals surface area (Å²) in [4.78, 5) is 24.8. The summed E-state index contributed by atoms with van der Waals surface area (Å²) in [5.41, 5.74) is 0. The number of hydrogen-bond acceptors (Lipinski definition) is 4. The lowest BCUT2D eigenvalue weighted by molar-refractivity contribution is 0.0874. The second-order valence-corrected chi connectivity index (χ2v) is 5.66. The first-order valence-corrected chi connectivity index (χ1v) is 6.50. The Morgan fingerprint density at radius 2 is 2.17 bits per heavy atom. The van der Waals surface area contributed by atoms with E-state index in [-0.39, 0.29) is 18.6 Å². The second kappa shape index (κ2) is 6.61. The Morgan fingerprint density at radius 1 is 1.50 bits per heavy atom. The van der Waals surface area contributed by atoms with Gasteiger partial charge in [0, 0.05) is 14.1 Å². The number of nitrogens with zero attached hydrogens (tertiary/aromatic N) is 1. The summed E-state index contributed by atoms with van der Waals surface area (Å²) in [6, 6.07) is 3.06. The molecule has 2 amide bonds. The van der Waals surface area contributed by atoms with Gasteiger partial charge in [0.2, 0.25) is 0 Å². The number of thiophene rings is 1. The minimum atomic E-state index is -0.435. The van der Waals surface area contributed by atoms with E-state index in [1.54, 1.807) is 33.2 Å². The molecule has 18 heavy (non-hydrogen) atoms. The molecule has 0 saturated carbocycles. The first kappa shape index (κ1) is 14.8. The molecule has 0 fully saturated rings. The molecule has 1 aromatic heterocycles. The summed E-state index contributed by atoms with van der Waals surface area (Å²) in [6.07, 6.45) is -0.435. The molecule has 0 aromatic carbocycles. The highest BCUT2D eigenvalue weighted by Gasteiger charge is 2.14. The van der Waals surface area contributed by atoms with Crippen molar-refractivity contribution in [1.82, 2.24) is 10.2 Å². The van der Waals surface area contributed by atoms with Crippen LogP contribution in [0.4, 0.5) is 4.79 Å². The van der Waals surface area contributed by atoms with E-state index in [4.69, 9.17) is 16.3 Å². The van der Waals surface area contributed by atoms with E-state index in [9.17, 15) is 9.59 Å². The maximum atomic E-state index is 11.7. The molecule has 0 radical (unpaired) electrons. The van der Waals surface area contributed by atoms with E-state index >= 15 is 0 Å². The van der Waals surface area contributed by atoms with Gasteiger partial charge in [-0.25, -0.2) is 4.79 Å². The van der Waals surface area contributed by atoms with Crippen molar-refractivity contribution < 1.29 is 14.3 Å². The number of nitrogens with one attached hydrogen (secondary N) is 1. The zero-order valence-corrected chi connectivity index (χ0v) is 12.0. The molecule has 0 aliphatic heterocycles. The summed E-state index contributed by atoms with van der Waals surface area (Å²) in [5.74, 6) is -0.222. The van der Waals surface area contributed by atoms with E-state index in [1.165, 1.54) is 16.2 Å². The average Bonchev–Trinajstić information content (AvgIpc) is 2.72. The lowest BCUT2D eigenvalue weighted by Gasteiger charge is -2.16. The molecule has 1 N–H and O–H groups in total. The minimum absolute atomic E-state index is 0.127. The quantitative estimate of drug-likeness (QED) is 0.925. The zero-order valence-electron chi connectivity index (χ0n) is 10.4. The van der Waals surface area contributed by atoms with Crippen LogP contribution in [-0.4, -0.2) is 43.6 Å². The van der Waals surface area contributed by atoms with E-state index in [0.29, 0.717) is 9.21 Å². The number of carbonyl (C=O) groups excluding carboxylic acids is 2. The number of halogens is 1. The summed E-state index contributed by atoms with van der Waals surface area (Å²) < 4.78 is 5.52. The first-order valence-electron chi connectivity index (χ1n) is 5.30. The van der Waals surface area contributed by atoms with Crippen LogP contribution in [0.3, 0.4) is 0 Å². The predicted molar refractivity (Wildman–Crippen MR) is 71.3 cm³/mol. The zero-order chi connectivity index (χ0) is 13.7. The molecule has 1 heterocycles. The molecule has 1 unspecified atom stereocenters. The van der Waals surface area contributed by atoms with Crippen LogP contribution in [0.25, 0.3) is 0 Å². The number of amides is 2. The predicted octanol–water partition coefficient (Wildman–Crippen LogP) is 2.22. The van der Waals surface area contributed by atoms with E-state index in [0.717, 1.165) is 0 Å². The van der Waals surface area contributed by atoms with Crippen molar-refractivity contribution in [2.24, 2.45) is 0 Å². The van der Waals surface area contributed by atoms with Gasteiger partial charge in [0.25, 0.3) is 5.91 Å². The maximum Gasteiger partial charge on any atom is 0.409 e. The Hall–Kier alpha value is -1.27. The van der Waals surface area contributed by atoms with Crippen LogP contribution >= 0.6 is 22.9 Å². The van der Waals surface area contributed by atoms with Crippen molar-refractivity contribution in [3.8, 4) is 0 Å². The fourth-order valence-electron chi connectivity index (χ4n) is 1.10. The largest absolute Gasteiger partial charge is 0.447 e. The fraction of sp³-hybridized carbons (Fsp3) is 0.455. The summed E-state index contributed by atoms with van der Waals surface area (Å²) in [5, 5.41) is 2.72. The molecule has 1 aromatic rings. The van der Waals surface area contributed by atoms with Gasteiger partial charge in [-0.05, 0) is 19.1 Å². The standard InChI is InChI=1S/C11H15ClN2O3S/c1-7(6-17-11(16)14(2)3)13-10(15)8-4-5-9(12)18-8/h4-5,7H,6H2,1-3H3,(H,13,15). The first-order chi connectivity index (χ1) is 8.40. The van der Waals surface area contributed by atoms with Crippen LogP contribution in [0, 0.1) is 0 Å². The molecule has 0 saturated heterocycles. The van der Waals surface area contributed by atoms with Gasteiger partial charge in [-0.15, -0.1) is 11.3 Å². The highest BCUT2D eigenvalue weighted by Crippen LogP contribution is 2.21. The molecule has 100 valence electrons. The number of carbonyl (C=O) groups is 2. The van der Waals surface area contributed by atoms with Crippen molar-refractivity contribution >= 4 is 34.9 Å². The molecule has 5 nitrogen and oxygen atoms in total. The SMILES string of the molecule is CC(COC(=O)N(C)C)NC(=O)c1ccc(Cl)s1. The Labute approximate surface area is 115 Å². The van der Waals surface area contributed by atoms with E-state index in [1.807, 2.05) is 0 Å². The third-order valence-corrected chi connectivity index (χ3v) is 3.23. The average molecular weight is 291 g/mol. The summed E-state index contributed by atoms with van der Waals surface area (Å²) >= 11 is 6.95.